The van der Waals surface area contributed by atoms with Crippen LogP contribution >= 0.6 is 11.8 Å². The van der Waals surface area contributed by atoms with Crippen LogP contribution in [-0.4, -0.2) is 80.2 Å². The van der Waals surface area contributed by atoms with E-state index < -0.39 is 5.92 Å². The van der Waals surface area contributed by atoms with E-state index in [4.69, 9.17) is 0 Å². The molecule has 1 N–H and O–H groups in total. The maximum absolute atomic E-state index is 12.6. The number of carbonyl (C=O) groups is 3. The predicted molar refractivity (Wildman–Crippen MR) is 109 cm³/mol. The second kappa shape index (κ2) is 15.0. The van der Waals surface area contributed by atoms with Gasteiger partial charge >= 0.3 is 0 Å². The standard InChI is InChI=1S/C19H37N3O3S/c1-16(23)14-17(19(25)21(3)12-11-20-2)15-22(4)18(24)10-8-6-7-9-13-26-5/h17,20H,6-15H2,1-5H3. The lowest BCUT2D eigenvalue weighted by Gasteiger charge is -2.27. The van der Waals surface area contributed by atoms with Crippen molar-refractivity contribution in [3.05, 3.63) is 0 Å². The van der Waals surface area contributed by atoms with Gasteiger partial charge in [-0.3, -0.25) is 9.59 Å². The number of unbranched alkanes of at least 4 members (excludes halogenated alkanes) is 3. The van der Waals surface area contributed by atoms with Gasteiger partial charge in [0.05, 0.1) is 5.92 Å². The van der Waals surface area contributed by atoms with Crippen molar-refractivity contribution in [1.29, 1.82) is 0 Å². The SMILES string of the molecule is CNCCN(C)C(=O)C(CC(C)=O)CN(C)C(=O)CCCCCCSC. The van der Waals surface area contributed by atoms with Gasteiger partial charge < -0.3 is 19.9 Å². The molecule has 0 radical (unpaired) electrons. The fraction of sp³-hybridized carbons (Fsp3) is 0.842. The minimum atomic E-state index is -0.468. The molecule has 1 atom stereocenters. The molecule has 0 aromatic heterocycles. The van der Waals surface area contributed by atoms with Crippen molar-refractivity contribution in [2.24, 2.45) is 5.92 Å². The van der Waals surface area contributed by atoms with Gasteiger partial charge in [-0.05, 0) is 38.8 Å². The Morgan fingerprint density at radius 3 is 2.27 bits per heavy atom. The summed E-state index contributed by atoms with van der Waals surface area (Å²) in [6.45, 7) is 3.07. The predicted octanol–water partition coefficient (Wildman–Crippen LogP) is 2.03. The summed E-state index contributed by atoms with van der Waals surface area (Å²) in [6, 6.07) is 0. The summed E-state index contributed by atoms with van der Waals surface area (Å²) in [7, 11) is 5.30. The summed E-state index contributed by atoms with van der Waals surface area (Å²) in [4.78, 5) is 39.7. The van der Waals surface area contributed by atoms with Crippen LogP contribution in [-0.2, 0) is 14.4 Å². The number of thioether (sulfide) groups is 1. The maximum atomic E-state index is 12.6. The molecule has 0 aliphatic carbocycles. The van der Waals surface area contributed by atoms with Crippen molar-refractivity contribution in [1.82, 2.24) is 15.1 Å². The highest BCUT2D eigenvalue weighted by molar-refractivity contribution is 7.98. The summed E-state index contributed by atoms with van der Waals surface area (Å²) in [6.07, 6.45) is 7.07. The minimum absolute atomic E-state index is 0.0278. The quantitative estimate of drug-likeness (QED) is 0.436. The molecule has 0 saturated heterocycles. The number of carbonyl (C=O) groups excluding carboxylic acids is 3. The van der Waals surface area contributed by atoms with Crippen molar-refractivity contribution in [2.75, 3.05) is 52.8 Å². The topological polar surface area (TPSA) is 69.7 Å². The van der Waals surface area contributed by atoms with Crippen molar-refractivity contribution < 1.29 is 14.4 Å². The van der Waals surface area contributed by atoms with Gasteiger partial charge in [0.1, 0.15) is 5.78 Å². The number of nitrogens with one attached hydrogen (secondary N) is 1. The Morgan fingerprint density at radius 2 is 1.69 bits per heavy atom. The highest BCUT2D eigenvalue weighted by Gasteiger charge is 2.26. The molecule has 0 aromatic carbocycles. The average Bonchev–Trinajstić information content (AvgIpc) is 2.60. The molecule has 0 aromatic rings. The molecule has 0 rings (SSSR count). The van der Waals surface area contributed by atoms with Crippen molar-refractivity contribution in [3.8, 4) is 0 Å². The van der Waals surface area contributed by atoms with E-state index in [0.29, 0.717) is 26.1 Å². The first-order chi connectivity index (χ1) is 12.3. The van der Waals surface area contributed by atoms with E-state index in [1.807, 2.05) is 18.8 Å². The van der Waals surface area contributed by atoms with Gasteiger partial charge in [-0.2, -0.15) is 11.8 Å². The van der Waals surface area contributed by atoms with E-state index in [1.165, 1.54) is 19.1 Å². The average molecular weight is 388 g/mol. The van der Waals surface area contributed by atoms with E-state index in [1.54, 1.807) is 23.9 Å². The Morgan fingerprint density at radius 1 is 1.04 bits per heavy atom. The number of likely N-dealkylation sites (N-methyl/N-ethyl adjacent to an activating group) is 2. The van der Waals surface area contributed by atoms with Gasteiger partial charge in [-0.25, -0.2) is 0 Å². The second-order valence-electron chi connectivity index (χ2n) is 6.90. The van der Waals surface area contributed by atoms with E-state index in [-0.39, 0.29) is 24.0 Å². The molecule has 0 aliphatic heterocycles. The lowest BCUT2D eigenvalue weighted by molar-refractivity contribution is -0.139. The summed E-state index contributed by atoms with van der Waals surface area (Å²) >= 11 is 1.85. The molecule has 0 aliphatic rings. The van der Waals surface area contributed by atoms with Crippen LogP contribution in [0.15, 0.2) is 0 Å². The van der Waals surface area contributed by atoms with E-state index in [0.717, 1.165) is 19.3 Å². The number of ketones is 1. The molecule has 2 amide bonds. The Hall–Kier alpha value is -1.08. The number of hydrogen-bond acceptors (Lipinski definition) is 5. The monoisotopic (exact) mass is 387 g/mol. The summed E-state index contributed by atoms with van der Waals surface area (Å²) in [5.41, 5.74) is 0. The van der Waals surface area contributed by atoms with Gasteiger partial charge in [-0.15, -0.1) is 0 Å². The van der Waals surface area contributed by atoms with E-state index in [2.05, 4.69) is 11.6 Å². The number of hydrogen-bond donors (Lipinski definition) is 1. The smallest absolute Gasteiger partial charge is 0.227 e. The number of amides is 2. The van der Waals surface area contributed by atoms with Crippen LogP contribution in [0.1, 0.15) is 45.4 Å². The molecule has 7 heteroatoms. The first-order valence-electron chi connectivity index (χ1n) is 9.45. The zero-order valence-corrected chi connectivity index (χ0v) is 18.0. The number of rotatable bonds is 15. The highest BCUT2D eigenvalue weighted by Crippen LogP contribution is 2.12. The van der Waals surface area contributed by atoms with Crippen LogP contribution in [0, 0.1) is 5.92 Å². The zero-order valence-electron chi connectivity index (χ0n) is 17.2. The van der Waals surface area contributed by atoms with Crippen LogP contribution in [0.3, 0.4) is 0 Å². The van der Waals surface area contributed by atoms with Crippen molar-refractivity contribution in [3.63, 3.8) is 0 Å². The van der Waals surface area contributed by atoms with Crippen LogP contribution < -0.4 is 5.32 Å². The first kappa shape index (κ1) is 24.9. The third kappa shape index (κ3) is 11.5. The fourth-order valence-electron chi connectivity index (χ4n) is 2.78. The van der Waals surface area contributed by atoms with Gasteiger partial charge in [0.25, 0.3) is 0 Å². The molecule has 0 spiro atoms. The Balaban J connectivity index is 4.47. The highest BCUT2D eigenvalue weighted by atomic mass is 32.2. The van der Waals surface area contributed by atoms with Crippen LogP contribution in [0.25, 0.3) is 0 Å². The summed E-state index contributed by atoms with van der Waals surface area (Å²) in [5, 5.41) is 3.01. The van der Waals surface area contributed by atoms with Gasteiger partial charge in [0.2, 0.25) is 11.8 Å². The molecule has 6 nitrogen and oxygen atoms in total. The molecule has 0 fully saturated rings. The molecule has 0 saturated carbocycles. The van der Waals surface area contributed by atoms with Crippen molar-refractivity contribution >= 4 is 29.4 Å². The Kier molecular flexibility index (Phi) is 14.4. The summed E-state index contributed by atoms with van der Waals surface area (Å²) < 4.78 is 0. The van der Waals surface area contributed by atoms with Crippen LogP contribution in [0.5, 0.6) is 0 Å². The largest absolute Gasteiger partial charge is 0.345 e. The third-order valence-electron chi connectivity index (χ3n) is 4.37. The van der Waals surface area contributed by atoms with Gasteiger partial charge in [0, 0.05) is 46.6 Å². The molecular formula is C19H37N3O3S. The zero-order chi connectivity index (χ0) is 19.9. The Bertz CT molecular complexity index is 432. The number of nitrogens with zero attached hydrogens (tertiary/aromatic N) is 2. The molecule has 26 heavy (non-hydrogen) atoms. The second-order valence-corrected chi connectivity index (χ2v) is 7.88. The number of Topliss-reactive ketones (excluding diaryl/α,β-unsaturated/α-hetero) is 1. The molecule has 152 valence electrons. The van der Waals surface area contributed by atoms with Crippen LogP contribution in [0.4, 0.5) is 0 Å². The van der Waals surface area contributed by atoms with E-state index in [9.17, 15) is 14.4 Å². The molecule has 0 heterocycles. The van der Waals surface area contributed by atoms with Crippen LogP contribution in [0.2, 0.25) is 0 Å². The maximum Gasteiger partial charge on any atom is 0.227 e. The lowest BCUT2D eigenvalue weighted by atomic mass is 10.0. The normalized spacial score (nSPS) is 11.9. The lowest BCUT2D eigenvalue weighted by Crippen LogP contribution is -2.43. The van der Waals surface area contributed by atoms with Gasteiger partial charge in [-0.1, -0.05) is 12.8 Å². The molecule has 1 unspecified atom stereocenters. The van der Waals surface area contributed by atoms with Crippen molar-refractivity contribution in [2.45, 2.75) is 45.4 Å². The van der Waals surface area contributed by atoms with Gasteiger partial charge in [0.15, 0.2) is 0 Å². The molecule has 0 bridgehead atoms. The first-order valence-corrected chi connectivity index (χ1v) is 10.8. The fourth-order valence-corrected chi connectivity index (χ4v) is 3.27. The minimum Gasteiger partial charge on any atom is -0.345 e. The van der Waals surface area contributed by atoms with E-state index >= 15 is 0 Å². The third-order valence-corrected chi connectivity index (χ3v) is 5.06. The molecular weight excluding hydrogens is 350 g/mol. The summed E-state index contributed by atoms with van der Waals surface area (Å²) in [5.74, 6) is 0.648. The Labute approximate surface area is 163 Å².